The molecule has 0 fully saturated rings. The molecule has 0 aromatic carbocycles. The van der Waals surface area contributed by atoms with E-state index in [9.17, 15) is 14.4 Å². The van der Waals surface area contributed by atoms with Crippen molar-refractivity contribution < 1.29 is 33.0 Å². The van der Waals surface area contributed by atoms with Gasteiger partial charge >= 0.3 is 17.9 Å². The zero-order chi connectivity index (χ0) is 17.0. The molecule has 122 valence electrons. The van der Waals surface area contributed by atoms with Gasteiger partial charge in [-0.05, 0) is 11.4 Å². The highest BCUT2D eigenvalue weighted by atomic mass is 32.1. The number of hydrogen-bond acceptors (Lipinski definition) is 8. The number of carbonyl (C=O) groups excluding carboxylic acids is 3. The molecule has 2 heterocycles. The quantitative estimate of drug-likeness (QED) is 0.610. The average molecular weight is 338 g/mol. The third-order valence-electron chi connectivity index (χ3n) is 3.06. The minimum Gasteiger partial charge on any atom is -0.469 e. The van der Waals surface area contributed by atoms with E-state index in [1.807, 2.05) is 0 Å². The van der Waals surface area contributed by atoms with Crippen LogP contribution < -0.4 is 0 Å². The van der Waals surface area contributed by atoms with E-state index in [2.05, 4.69) is 9.47 Å². The highest BCUT2D eigenvalue weighted by Gasteiger charge is 2.32. The van der Waals surface area contributed by atoms with Crippen molar-refractivity contribution >= 4 is 29.2 Å². The summed E-state index contributed by atoms with van der Waals surface area (Å²) in [5.41, 5.74) is 0.0969. The number of esters is 3. The maximum Gasteiger partial charge on any atom is 0.374 e. The maximum absolute atomic E-state index is 12.1. The van der Waals surface area contributed by atoms with Crippen LogP contribution in [0.2, 0.25) is 0 Å². The molecule has 7 nitrogen and oxygen atoms in total. The fourth-order valence-electron chi connectivity index (χ4n) is 2.01. The number of rotatable bonds is 5. The van der Waals surface area contributed by atoms with E-state index in [0.717, 1.165) is 7.11 Å². The Bertz CT molecular complexity index is 727. The van der Waals surface area contributed by atoms with Gasteiger partial charge in [0.15, 0.2) is 0 Å². The van der Waals surface area contributed by atoms with Crippen LogP contribution in [-0.4, -0.2) is 39.2 Å². The second kappa shape index (κ2) is 7.10. The van der Waals surface area contributed by atoms with Crippen molar-refractivity contribution in [3.05, 3.63) is 34.4 Å². The van der Waals surface area contributed by atoms with Gasteiger partial charge in [-0.3, -0.25) is 4.79 Å². The molecule has 8 heteroatoms. The summed E-state index contributed by atoms with van der Waals surface area (Å²) in [6.07, 6.45) is -0.241. The SMILES string of the molecule is COC(=O)Cc1c(-c2cccs2)oc(C(=O)OC)c1C(=O)OC. The zero-order valence-corrected chi connectivity index (χ0v) is 13.5. The number of hydrogen-bond donors (Lipinski definition) is 0. The summed E-state index contributed by atoms with van der Waals surface area (Å²) < 4.78 is 19.5. The van der Waals surface area contributed by atoms with Crippen LogP contribution in [0.5, 0.6) is 0 Å². The van der Waals surface area contributed by atoms with E-state index in [4.69, 9.17) is 9.15 Å². The lowest BCUT2D eigenvalue weighted by molar-refractivity contribution is -0.139. The van der Waals surface area contributed by atoms with Crippen LogP contribution in [0, 0.1) is 0 Å². The first kappa shape index (κ1) is 16.8. The third kappa shape index (κ3) is 3.26. The standard InChI is InChI=1S/C15H14O7S/c1-19-10(16)7-8-11(14(17)20-2)13(15(18)21-3)22-12(8)9-5-4-6-23-9/h4-6H,7H2,1-3H3. The van der Waals surface area contributed by atoms with Gasteiger partial charge < -0.3 is 18.6 Å². The first-order valence-electron chi connectivity index (χ1n) is 6.46. The smallest absolute Gasteiger partial charge is 0.374 e. The van der Waals surface area contributed by atoms with Crippen LogP contribution in [0.4, 0.5) is 0 Å². The summed E-state index contributed by atoms with van der Waals surface area (Å²) in [4.78, 5) is 36.3. The van der Waals surface area contributed by atoms with Gasteiger partial charge in [-0.2, -0.15) is 0 Å². The maximum atomic E-state index is 12.1. The number of carbonyl (C=O) groups is 3. The lowest BCUT2D eigenvalue weighted by Crippen LogP contribution is -2.14. The number of methoxy groups -OCH3 is 3. The number of ether oxygens (including phenoxy) is 3. The Kier molecular flexibility index (Phi) is 5.17. The van der Waals surface area contributed by atoms with Gasteiger partial charge in [0.05, 0.1) is 32.6 Å². The Labute approximate surface area is 135 Å². The Balaban J connectivity index is 2.70. The van der Waals surface area contributed by atoms with Gasteiger partial charge in [0.2, 0.25) is 5.76 Å². The Morgan fingerprint density at radius 3 is 2.30 bits per heavy atom. The highest BCUT2D eigenvalue weighted by Crippen LogP contribution is 2.35. The lowest BCUT2D eigenvalue weighted by atomic mass is 10.0. The summed E-state index contributed by atoms with van der Waals surface area (Å²) in [7, 11) is 3.56. The summed E-state index contributed by atoms with van der Waals surface area (Å²) in [6, 6.07) is 3.52. The van der Waals surface area contributed by atoms with Gasteiger partial charge in [-0.1, -0.05) is 6.07 Å². The topological polar surface area (TPSA) is 92.0 Å². The van der Waals surface area contributed by atoms with Crippen molar-refractivity contribution in [2.75, 3.05) is 21.3 Å². The van der Waals surface area contributed by atoms with Crippen LogP contribution in [-0.2, 0) is 25.4 Å². The zero-order valence-electron chi connectivity index (χ0n) is 12.7. The molecule has 0 atom stereocenters. The predicted molar refractivity (Wildman–Crippen MR) is 80.4 cm³/mol. The molecule has 0 saturated heterocycles. The second-order valence-corrected chi connectivity index (χ2v) is 5.27. The molecule has 23 heavy (non-hydrogen) atoms. The summed E-state index contributed by atoms with van der Waals surface area (Å²) in [5, 5.41) is 1.80. The van der Waals surface area contributed by atoms with Crippen LogP contribution in [0.15, 0.2) is 21.9 Å². The first-order valence-corrected chi connectivity index (χ1v) is 7.34. The normalized spacial score (nSPS) is 10.2. The molecule has 0 spiro atoms. The van der Waals surface area contributed by atoms with Crippen LogP contribution in [0.3, 0.4) is 0 Å². The van der Waals surface area contributed by atoms with Crippen LogP contribution >= 0.6 is 11.3 Å². The predicted octanol–water partition coefficient (Wildman–Crippen LogP) is 2.30. The molecular formula is C15H14O7S. The summed E-state index contributed by atoms with van der Waals surface area (Å²) in [6.45, 7) is 0. The Morgan fingerprint density at radius 1 is 1.09 bits per heavy atom. The van der Waals surface area contributed by atoms with Crippen molar-refractivity contribution in [2.45, 2.75) is 6.42 Å². The van der Waals surface area contributed by atoms with Crippen molar-refractivity contribution in [2.24, 2.45) is 0 Å². The first-order chi connectivity index (χ1) is 11.0. The summed E-state index contributed by atoms with van der Waals surface area (Å²) >= 11 is 1.34. The minimum absolute atomic E-state index is 0.131. The third-order valence-corrected chi connectivity index (χ3v) is 3.93. The molecule has 0 bridgehead atoms. The molecule has 2 rings (SSSR count). The van der Waals surface area contributed by atoms with Gasteiger partial charge in [-0.25, -0.2) is 9.59 Å². The van der Waals surface area contributed by atoms with Gasteiger partial charge in [0, 0.05) is 5.56 Å². The van der Waals surface area contributed by atoms with E-state index in [-0.39, 0.29) is 29.1 Å². The molecule has 2 aromatic heterocycles. The Hall–Kier alpha value is -2.61. The molecule has 0 amide bonds. The lowest BCUT2D eigenvalue weighted by Gasteiger charge is -2.03. The summed E-state index contributed by atoms with van der Waals surface area (Å²) in [5.74, 6) is -2.27. The Morgan fingerprint density at radius 2 is 1.78 bits per heavy atom. The van der Waals surface area contributed by atoms with E-state index < -0.39 is 17.9 Å². The van der Waals surface area contributed by atoms with Gasteiger partial charge in [0.1, 0.15) is 11.3 Å². The molecular weight excluding hydrogens is 324 g/mol. The highest BCUT2D eigenvalue weighted by molar-refractivity contribution is 7.13. The molecule has 0 unspecified atom stereocenters. The fraction of sp³-hybridized carbons (Fsp3) is 0.267. The molecule has 2 aromatic rings. The van der Waals surface area contributed by atoms with Crippen molar-refractivity contribution in [3.63, 3.8) is 0 Å². The van der Waals surface area contributed by atoms with E-state index >= 15 is 0 Å². The van der Waals surface area contributed by atoms with Gasteiger partial charge in [-0.15, -0.1) is 11.3 Å². The van der Waals surface area contributed by atoms with E-state index in [1.165, 1.54) is 25.6 Å². The van der Waals surface area contributed by atoms with E-state index in [0.29, 0.717) is 4.88 Å². The molecule has 0 saturated carbocycles. The second-order valence-electron chi connectivity index (χ2n) is 4.33. The van der Waals surface area contributed by atoms with Crippen molar-refractivity contribution in [3.8, 4) is 10.6 Å². The largest absolute Gasteiger partial charge is 0.469 e. The molecule has 0 radical (unpaired) electrons. The van der Waals surface area contributed by atoms with E-state index in [1.54, 1.807) is 17.5 Å². The number of furan rings is 1. The molecule has 0 N–H and O–H groups in total. The molecule has 0 aliphatic carbocycles. The average Bonchev–Trinajstić information content (AvgIpc) is 3.20. The van der Waals surface area contributed by atoms with Crippen molar-refractivity contribution in [1.29, 1.82) is 0 Å². The van der Waals surface area contributed by atoms with Crippen molar-refractivity contribution in [1.82, 2.24) is 0 Å². The number of thiophene rings is 1. The van der Waals surface area contributed by atoms with Gasteiger partial charge in [0.25, 0.3) is 0 Å². The van der Waals surface area contributed by atoms with Crippen LogP contribution in [0.25, 0.3) is 10.6 Å². The molecule has 0 aliphatic heterocycles. The minimum atomic E-state index is -0.834. The molecule has 0 aliphatic rings. The van der Waals surface area contributed by atoms with Crippen LogP contribution in [0.1, 0.15) is 26.5 Å². The monoisotopic (exact) mass is 338 g/mol. The fourth-order valence-corrected chi connectivity index (χ4v) is 2.74.